The standard InChI is InChI=1S/C14H17NO2/c1-3-5-13(15)14(16)11-6-8-12(9-7-11)17-10-4-2/h1,6-9,13H,4-5,10,15H2,2H3. The molecule has 0 saturated carbocycles. The number of benzene rings is 1. The molecule has 17 heavy (non-hydrogen) atoms. The smallest absolute Gasteiger partial charge is 0.180 e. The van der Waals surface area contributed by atoms with E-state index in [1.807, 2.05) is 6.92 Å². The van der Waals surface area contributed by atoms with Crippen LogP contribution < -0.4 is 10.5 Å². The largest absolute Gasteiger partial charge is 0.494 e. The summed E-state index contributed by atoms with van der Waals surface area (Å²) < 4.78 is 5.42. The van der Waals surface area contributed by atoms with Crippen LogP contribution in [0.5, 0.6) is 5.75 Å². The lowest BCUT2D eigenvalue weighted by molar-refractivity contribution is 0.0963. The van der Waals surface area contributed by atoms with Gasteiger partial charge in [0.1, 0.15) is 5.75 Å². The van der Waals surface area contributed by atoms with Crippen LogP contribution in [0.15, 0.2) is 24.3 Å². The molecule has 1 unspecified atom stereocenters. The monoisotopic (exact) mass is 231 g/mol. The second-order valence-electron chi connectivity index (χ2n) is 3.75. The molecule has 0 spiro atoms. The van der Waals surface area contributed by atoms with E-state index in [1.165, 1.54) is 0 Å². The molecule has 0 aliphatic rings. The van der Waals surface area contributed by atoms with Gasteiger partial charge in [0, 0.05) is 12.0 Å². The number of hydrogen-bond acceptors (Lipinski definition) is 3. The zero-order valence-corrected chi connectivity index (χ0v) is 9.98. The van der Waals surface area contributed by atoms with Gasteiger partial charge in [0.25, 0.3) is 0 Å². The molecule has 90 valence electrons. The van der Waals surface area contributed by atoms with Crippen LogP contribution in [0.25, 0.3) is 0 Å². The lowest BCUT2D eigenvalue weighted by atomic mass is 10.0. The van der Waals surface area contributed by atoms with Crippen molar-refractivity contribution in [3.05, 3.63) is 29.8 Å². The molecule has 1 rings (SSSR count). The Morgan fingerprint density at radius 3 is 2.65 bits per heavy atom. The Morgan fingerprint density at radius 1 is 1.47 bits per heavy atom. The van der Waals surface area contributed by atoms with Gasteiger partial charge in [-0.15, -0.1) is 12.3 Å². The van der Waals surface area contributed by atoms with Gasteiger partial charge in [0.05, 0.1) is 12.6 Å². The molecule has 0 aliphatic heterocycles. The molecular weight excluding hydrogens is 214 g/mol. The highest BCUT2D eigenvalue weighted by Gasteiger charge is 2.14. The summed E-state index contributed by atoms with van der Waals surface area (Å²) in [5, 5.41) is 0. The molecule has 3 nitrogen and oxygen atoms in total. The van der Waals surface area contributed by atoms with E-state index in [9.17, 15) is 4.79 Å². The molecule has 0 bridgehead atoms. The van der Waals surface area contributed by atoms with Crippen LogP contribution in [0.4, 0.5) is 0 Å². The highest BCUT2D eigenvalue weighted by molar-refractivity contribution is 6.00. The minimum absolute atomic E-state index is 0.134. The van der Waals surface area contributed by atoms with Crippen molar-refractivity contribution in [3.8, 4) is 18.1 Å². The lowest BCUT2D eigenvalue weighted by Gasteiger charge is -2.08. The highest BCUT2D eigenvalue weighted by Crippen LogP contribution is 2.14. The van der Waals surface area contributed by atoms with E-state index in [2.05, 4.69) is 5.92 Å². The van der Waals surface area contributed by atoms with Crippen molar-refractivity contribution < 1.29 is 9.53 Å². The van der Waals surface area contributed by atoms with Crippen LogP contribution >= 0.6 is 0 Å². The lowest BCUT2D eigenvalue weighted by Crippen LogP contribution is -2.29. The number of carbonyl (C=O) groups is 1. The Labute approximate surface area is 102 Å². The summed E-state index contributed by atoms with van der Waals surface area (Å²) in [4.78, 5) is 11.8. The molecule has 0 amide bonds. The second-order valence-corrected chi connectivity index (χ2v) is 3.75. The predicted molar refractivity (Wildman–Crippen MR) is 68.0 cm³/mol. The Bertz CT molecular complexity index is 403. The number of nitrogens with two attached hydrogens (primary N) is 1. The topological polar surface area (TPSA) is 52.3 Å². The maximum atomic E-state index is 11.8. The van der Waals surface area contributed by atoms with Gasteiger partial charge in [0.2, 0.25) is 0 Å². The summed E-state index contributed by atoms with van der Waals surface area (Å²) in [6.45, 7) is 2.71. The van der Waals surface area contributed by atoms with E-state index in [-0.39, 0.29) is 12.2 Å². The molecule has 1 aromatic carbocycles. The normalized spacial score (nSPS) is 11.6. The van der Waals surface area contributed by atoms with Gasteiger partial charge in [-0.2, -0.15) is 0 Å². The van der Waals surface area contributed by atoms with Gasteiger partial charge in [-0.05, 0) is 30.7 Å². The van der Waals surface area contributed by atoms with E-state index < -0.39 is 6.04 Å². The quantitative estimate of drug-likeness (QED) is 0.602. The van der Waals surface area contributed by atoms with Gasteiger partial charge in [-0.3, -0.25) is 4.79 Å². The third-order valence-corrected chi connectivity index (χ3v) is 2.29. The van der Waals surface area contributed by atoms with Crippen LogP contribution in [0.2, 0.25) is 0 Å². The third kappa shape index (κ3) is 3.93. The average molecular weight is 231 g/mol. The third-order valence-electron chi connectivity index (χ3n) is 2.29. The van der Waals surface area contributed by atoms with Gasteiger partial charge < -0.3 is 10.5 Å². The van der Waals surface area contributed by atoms with E-state index in [0.29, 0.717) is 12.2 Å². The van der Waals surface area contributed by atoms with Gasteiger partial charge in [-0.1, -0.05) is 6.92 Å². The Hall–Kier alpha value is -1.79. The SMILES string of the molecule is C#CCC(N)C(=O)c1ccc(OCCC)cc1. The highest BCUT2D eigenvalue weighted by atomic mass is 16.5. The molecule has 0 saturated heterocycles. The van der Waals surface area contributed by atoms with Crippen LogP contribution in [-0.4, -0.2) is 18.4 Å². The molecule has 1 atom stereocenters. The number of hydrogen-bond donors (Lipinski definition) is 1. The first-order chi connectivity index (χ1) is 8.19. The van der Waals surface area contributed by atoms with Gasteiger partial charge in [0.15, 0.2) is 5.78 Å². The molecule has 0 aliphatic carbocycles. The molecule has 0 fully saturated rings. The number of Topliss-reactive ketones (excluding diaryl/α,β-unsaturated/α-hetero) is 1. The molecule has 3 heteroatoms. The molecule has 0 radical (unpaired) electrons. The van der Waals surface area contributed by atoms with Crippen molar-refractivity contribution in [1.29, 1.82) is 0 Å². The van der Waals surface area contributed by atoms with E-state index >= 15 is 0 Å². The Balaban J connectivity index is 2.67. The van der Waals surface area contributed by atoms with Crippen LogP contribution in [0.3, 0.4) is 0 Å². The molecule has 0 heterocycles. The fraction of sp³-hybridized carbons (Fsp3) is 0.357. The zero-order valence-electron chi connectivity index (χ0n) is 9.98. The van der Waals surface area contributed by atoms with Crippen molar-refractivity contribution in [1.82, 2.24) is 0 Å². The van der Waals surface area contributed by atoms with E-state index in [4.69, 9.17) is 16.9 Å². The number of terminal acetylenes is 1. The first-order valence-corrected chi connectivity index (χ1v) is 5.65. The van der Waals surface area contributed by atoms with Crippen LogP contribution in [0.1, 0.15) is 30.1 Å². The molecule has 2 N–H and O–H groups in total. The zero-order chi connectivity index (χ0) is 12.7. The first-order valence-electron chi connectivity index (χ1n) is 5.65. The van der Waals surface area contributed by atoms with Gasteiger partial charge >= 0.3 is 0 Å². The summed E-state index contributed by atoms with van der Waals surface area (Å²) in [5.41, 5.74) is 6.22. The summed E-state index contributed by atoms with van der Waals surface area (Å²) in [6.07, 6.45) is 6.33. The molecular formula is C14H17NO2. The van der Waals surface area contributed by atoms with Crippen LogP contribution in [0, 0.1) is 12.3 Å². The van der Waals surface area contributed by atoms with Crippen molar-refractivity contribution in [2.45, 2.75) is 25.8 Å². The van der Waals surface area contributed by atoms with Gasteiger partial charge in [-0.25, -0.2) is 0 Å². The summed E-state index contributed by atoms with van der Waals surface area (Å²) in [5.74, 6) is 3.01. The van der Waals surface area contributed by atoms with Crippen molar-refractivity contribution in [2.24, 2.45) is 5.73 Å². The second kappa shape index (κ2) is 6.72. The van der Waals surface area contributed by atoms with E-state index in [1.54, 1.807) is 24.3 Å². The summed E-state index contributed by atoms with van der Waals surface area (Å²) in [7, 11) is 0. The summed E-state index contributed by atoms with van der Waals surface area (Å²) >= 11 is 0. The average Bonchev–Trinajstić information content (AvgIpc) is 2.36. The number of ether oxygens (including phenoxy) is 1. The first kappa shape index (κ1) is 13.3. The fourth-order valence-corrected chi connectivity index (χ4v) is 1.37. The minimum atomic E-state index is -0.623. The maximum Gasteiger partial charge on any atom is 0.180 e. The van der Waals surface area contributed by atoms with Crippen molar-refractivity contribution >= 4 is 5.78 Å². The Morgan fingerprint density at radius 2 is 2.12 bits per heavy atom. The number of carbonyl (C=O) groups excluding carboxylic acids is 1. The minimum Gasteiger partial charge on any atom is -0.494 e. The molecule has 1 aromatic rings. The molecule has 0 aromatic heterocycles. The predicted octanol–water partition coefficient (Wildman–Crippen LogP) is 2.01. The van der Waals surface area contributed by atoms with E-state index in [0.717, 1.165) is 12.2 Å². The Kier molecular flexibility index (Phi) is 5.25. The maximum absolute atomic E-state index is 11.8. The number of ketones is 1. The number of rotatable bonds is 6. The fourth-order valence-electron chi connectivity index (χ4n) is 1.37. The van der Waals surface area contributed by atoms with Crippen molar-refractivity contribution in [2.75, 3.05) is 6.61 Å². The van der Waals surface area contributed by atoms with Crippen LogP contribution in [-0.2, 0) is 0 Å². The summed E-state index contributed by atoms with van der Waals surface area (Å²) in [6, 6.07) is 6.34. The van der Waals surface area contributed by atoms with Crippen molar-refractivity contribution in [3.63, 3.8) is 0 Å².